The number of aromatic nitrogens is 2. The first-order valence-electron chi connectivity index (χ1n) is 9.20. The van der Waals surface area contributed by atoms with E-state index in [-0.39, 0.29) is 12.0 Å². The molecule has 150 valence electrons. The molecule has 6 heteroatoms. The van der Waals surface area contributed by atoms with Crippen LogP contribution < -0.4 is 0 Å². The van der Waals surface area contributed by atoms with E-state index in [1.54, 1.807) is 6.07 Å². The monoisotopic (exact) mass is 406 g/mol. The number of hydrogen-bond acceptors (Lipinski definition) is 2. The second-order valence-corrected chi connectivity index (χ2v) is 6.93. The van der Waals surface area contributed by atoms with Crippen LogP contribution in [-0.2, 0) is 11.8 Å². The van der Waals surface area contributed by atoms with Crippen molar-refractivity contribution in [3.05, 3.63) is 95.9 Å². The molecular weight excluding hydrogens is 389 g/mol. The van der Waals surface area contributed by atoms with Crippen LogP contribution in [0.2, 0.25) is 0 Å². The zero-order chi connectivity index (χ0) is 21.4. The molecule has 0 aliphatic heterocycles. The molecule has 0 aliphatic carbocycles. The van der Waals surface area contributed by atoms with Gasteiger partial charge in [-0.25, -0.2) is 0 Å². The summed E-state index contributed by atoms with van der Waals surface area (Å²) >= 11 is 0. The summed E-state index contributed by atoms with van der Waals surface area (Å²) in [5, 5.41) is 12.6. The van der Waals surface area contributed by atoms with Crippen molar-refractivity contribution in [1.82, 2.24) is 9.55 Å². The van der Waals surface area contributed by atoms with Crippen molar-refractivity contribution in [2.75, 3.05) is 0 Å². The Morgan fingerprint density at radius 1 is 0.967 bits per heavy atom. The van der Waals surface area contributed by atoms with E-state index in [9.17, 15) is 18.3 Å². The van der Waals surface area contributed by atoms with Gasteiger partial charge < -0.3 is 9.67 Å². The summed E-state index contributed by atoms with van der Waals surface area (Å²) in [6, 6.07) is 20.7. The Hall–Kier alpha value is -3.56. The summed E-state index contributed by atoms with van der Waals surface area (Å²) in [5.74, 6) is 2.42. The lowest BCUT2D eigenvalue weighted by atomic mass is 9.87. The van der Waals surface area contributed by atoms with Crippen molar-refractivity contribution < 1.29 is 18.3 Å². The highest BCUT2D eigenvalue weighted by Gasteiger charge is 2.39. The number of benzene rings is 2. The molecule has 30 heavy (non-hydrogen) atoms. The molecule has 2 heterocycles. The number of pyridine rings is 1. The molecule has 0 bridgehead atoms. The molecule has 2 aromatic heterocycles. The van der Waals surface area contributed by atoms with Crippen LogP contribution in [0.25, 0.3) is 16.6 Å². The molecule has 4 aromatic rings. The van der Waals surface area contributed by atoms with Gasteiger partial charge in [0.25, 0.3) is 0 Å². The van der Waals surface area contributed by atoms with E-state index in [0.717, 1.165) is 28.9 Å². The van der Waals surface area contributed by atoms with Gasteiger partial charge in [-0.3, -0.25) is 4.98 Å². The topological polar surface area (TPSA) is 38.1 Å². The number of hydrogen-bond donors (Lipinski definition) is 1. The zero-order valence-corrected chi connectivity index (χ0v) is 15.8. The summed E-state index contributed by atoms with van der Waals surface area (Å²) in [5.41, 5.74) is -0.965. The Balaban J connectivity index is 2.02. The maximum absolute atomic E-state index is 13.3. The van der Waals surface area contributed by atoms with E-state index in [0.29, 0.717) is 5.69 Å². The fourth-order valence-corrected chi connectivity index (χ4v) is 3.65. The molecule has 0 saturated heterocycles. The van der Waals surface area contributed by atoms with Crippen LogP contribution in [0.4, 0.5) is 13.2 Å². The Morgan fingerprint density at radius 2 is 1.67 bits per heavy atom. The second-order valence-electron chi connectivity index (χ2n) is 6.93. The molecule has 1 atom stereocenters. The van der Waals surface area contributed by atoms with Gasteiger partial charge in [0.15, 0.2) is 0 Å². The van der Waals surface area contributed by atoms with Crippen molar-refractivity contribution in [1.29, 1.82) is 0 Å². The standard InChI is InChI=1S/C24H17F3N2O/c1-2-13-23(30,18-12-14-28-21(16-18)24(25,26)27)22-15-17-8-6-7-11-20(17)29(22)19-9-4-3-5-10-19/h1,3-12,14-16,30H,13H2. The van der Waals surface area contributed by atoms with Gasteiger partial charge in [0.05, 0.1) is 11.2 Å². The predicted octanol–water partition coefficient (Wildman–Crippen LogP) is 5.30. The first-order chi connectivity index (χ1) is 14.3. The molecule has 0 fully saturated rings. The summed E-state index contributed by atoms with van der Waals surface area (Å²) in [6.45, 7) is 0. The minimum absolute atomic E-state index is 0.0303. The predicted molar refractivity (Wildman–Crippen MR) is 109 cm³/mol. The van der Waals surface area contributed by atoms with E-state index >= 15 is 0 Å². The van der Waals surface area contributed by atoms with Gasteiger partial charge in [-0.15, -0.1) is 12.3 Å². The molecule has 0 radical (unpaired) electrons. The summed E-state index contributed by atoms with van der Waals surface area (Å²) in [7, 11) is 0. The van der Waals surface area contributed by atoms with Gasteiger partial charge in [-0.05, 0) is 42.0 Å². The molecule has 0 saturated carbocycles. The molecular formula is C24H17F3N2O. The lowest BCUT2D eigenvalue weighted by Crippen LogP contribution is -2.30. The fourth-order valence-electron chi connectivity index (χ4n) is 3.65. The molecule has 4 rings (SSSR count). The highest BCUT2D eigenvalue weighted by Crippen LogP contribution is 2.39. The largest absolute Gasteiger partial charge is 0.433 e. The summed E-state index contributed by atoms with van der Waals surface area (Å²) in [6.07, 6.45) is 1.73. The SMILES string of the molecule is C#CCC(O)(c1ccnc(C(F)(F)F)c1)c1cc2ccccc2n1-c1ccccc1. The van der Waals surface area contributed by atoms with Gasteiger partial charge in [0, 0.05) is 23.7 Å². The molecule has 0 amide bonds. The van der Waals surface area contributed by atoms with Gasteiger partial charge in [0.1, 0.15) is 11.3 Å². The van der Waals surface area contributed by atoms with Gasteiger partial charge >= 0.3 is 6.18 Å². The second kappa shape index (κ2) is 7.36. The third-order valence-corrected chi connectivity index (χ3v) is 5.03. The molecule has 0 aliphatic rings. The smallest absolute Gasteiger partial charge is 0.378 e. The van der Waals surface area contributed by atoms with E-state index in [1.807, 2.05) is 59.2 Å². The van der Waals surface area contributed by atoms with Gasteiger partial charge in [-0.2, -0.15) is 13.2 Å². The van der Waals surface area contributed by atoms with Crippen LogP contribution in [0.3, 0.4) is 0 Å². The number of aliphatic hydroxyl groups is 1. The Labute approximate surface area is 171 Å². The number of alkyl halides is 3. The number of para-hydroxylation sites is 2. The zero-order valence-electron chi connectivity index (χ0n) is 15.8. The van der Waals surface area contributed by atoms with Crippen LogP contribution in [0.15, 0.2) is 79.0 Å². The van der Waals surface area contributed by atoms with Crippen molar-refractivity contribution >= 4 is 10.9 Å². The lowest BCUT2D eigenvalue weighted by Gasteiger charge is -2.29. The summed E-state index contributed by atoms with van der Waals surface area (Å²) in [4.78, 5) is 3.41. The Bertz CT molecular complexity index is 1240. The maximum Gasteiger partial charge on any atom is 0.433 e. The number of nitrogens with zero attached hydrogens (tertiary/aromatic N) is 2. The van der Waals surface area contributed by atoms with Crippen LogP contribution in [0.1, 0.15) is 23.4 Å². The Morgan fingerprint density at radius 3 is 2.37 bits per heavy atom. The van der Waals surface area contributed by atoms with E-state index in [4.69, 9.17) is 6.42 Å². The normalized spacial score (nSPS) is 13.7. The molecule has 1 unspecified atom stereocenters. The molecule has 2 aromatic carbocycles. The van der Waals surface area contributed by atoms with Crippen LogP contribution in [-0.4, -0.2) is 14.7 Å². The number of terminal acetylenes is 1. The average Bonchev–Trinajstić information content (AvgIpc) is 3.14. The molecule has 3 nitrogen and oxygen atoms in total. The minimum Gasteiger partial charge on any atom is -0.378 e. The van der Waals surface area contributed by atoms with Crippen LogP contribution in [0, 0.1) is 12.3 Å². The van der Waals surface area contributed by atoms with E-state index < -0.39 is 17.5 Å². The quantitative estimate of drug-likeness (QED) is 0.467. The fraction of sp³-hybridized carbons (Fsp3) is 0.125. The summed E-state index contributed by atoms with van der Waals surface area (Å²) < 4.78 is 41.6. The highest BCUT2D eigenvalue weighted by atomic mass is 19.4. The number of fused-ring (bicyclic) bond motifs is 1. The van der Waals surface area contributed by atoms with Crippen molar-refractivity contribution in [3.63, 3.8) is 0 Å². The number of rotatable bonds is 4. The molecule has 0 spiro atoms. The maximum atomic E-state index is 13.3. The third-order valence-electron chi connectivity index (χ3n) is 5.03. The van der Waals surface area contributed by atoms with E-state index in [2.05, 4.69) is 10.9 Å². The van der Waals surface area contributed by atoms with Gasteiger partial charge in [0.2, 0.25) is 0 Å². The van der Waals surface area contributed by atoms with Crippen LogP contribution >= 0.6 is 0 Å². The Kier molecular flexibility index (Phi) is 4.84. The van der Waals surface area contributed by atoms with Crippen molar-refractivity contribution in [2.45, 2.75) is 18.2 Å². The first-order valence-corrected chi connectivity index (χ1v) is 9.20. The minimum atomic E-state index is -4.64. The van der Waals surface area contributed by atoms with Crippen LogP contribution in [0.5, 0.6) is 0 Å². The molecule has 1 N–H and O–H groups in total. The first kappa shape index (κ1) is 19.7. The number of halogens is 3. The van der Waals surface area contributed by atoms with Crippen molar-refractivity contribution in [2.24, 2.45) is 0 Å². The average molecular weight is 406 g/mol. The lowest BCUT2D eigenvalue weighted by molar-refractivity contribution is -0.141. The van der Waals surface area contributed by atoms with E-state index in [1.165, 1.54) is 6.07 Å². The highest BCUT2D eigenvalue weighted by molar-refractivity contribution is 5.84. The van der Waals surface area contributed by atoms with Gasteiger partial charge in [-0.1, -0.05) is 36.4 Å². The third kappa shape index (κ3) is 3.34. The van der Waals surface area contributed by atoms with Crippen molar-refractivity contribution in [3.8, 4) is 18.0 Å².